The van der Waals surface area contributed by atoms with Gasteiger partial charge in [-0.05, 0) is 80.5 Å². The minimum Gasteiger partial charge on any atom is -0.508 e. The number of carbonyl (C=O) groups is 1. The number of anilines is 1. The van der Waals surface area contributed by atoms with E-state index in [-0.39, 0.29) is 77.3 Å². The van der Waals surface area contributed by atoms with Crippen molar-refractivity contribution in [1.29, 1.82) is 0 Å². The molecule has 0 bridgehead atoms. The van der Waals surface area contributed by atoms with Crippen molar-refractivity contribution in [3.05, 3.63) is 83.8 Å². The smallest absolute Gasteiger partial charge is 0.319 e. The van der Waals surface area contributed by atoms with Gasteiger partial charge in [0.2, 0.25) is 0 Å². The Balaban J connectivity index is 0.00000112. The van der Waals surface area contributed by atoms with Gasteiger partial charge in [-0.25, -0.2) is 22.1 Å². The molecule has 17 heteroatoms. The molecule has 6 aromatic rings. The van der Waals surface area contributed by atoms with Crippen LogP contribution in [-0.2, 0) is 19.5 Å². The number of fused-ring (bicyclic) bond motifs is 5. The van der Waals surface area contributed by atoms with Crippen molar-refractivity contribution in [3.8, 4) is 23.0 Å². The highest BCUT2D eigenvalue weighted by Gasteiger charge is 2.71. The van der Waals surface area contributed by atoms with Crippen molar-refractivity contribution in [3.63, 3.8) is 0 Å². The van der Waals surface area contributed by atoms with E-state index < -0.39 is 29.6 Å². The number of phenols is 1. The van der Waals surface area contributed by atoms with Crippen LogP contribution in [0.1, 0.15) is 48.4 Å². The summed E-state index contributed by atoms with van der Waals surface area (Å²) in [7, 11) is 7.20. The molecule has 1 amide bonds. The highest BCUT2D eigenvalue weighted by molar-refractivity contribution is 6.07. The van der Waals surface area contributed by atoms with Gasteiger partial charge in [0.15, 0.2) is 11.5 Å². The van der Waals surface area contributed by atoms with E-state index in [0.717, 1.165) is 5.69 Å². The highest BCUT2D eigenvalue weighted by Crippen LogP contribution is 2.60. The first-order chi connectivity index (χ1) is 28.1. The SMILES string of the molecule is C=CC.CCc1c(F)ccc2cc(O)cc(-c3c(F)c4nc(OCC5(CN(C)C)CC5(F)F)nc(N5CCCn6nc(C(=O)N(C)C)cc6C5)c4c4ccnn34)c12.CF. The number of allylic oxidation sites excluding steroid dienone is 1. The molecule has 1 aliphatic carbocycles. The average molecular weight is 822 g/mol. The number of carbonyl (C=O) groups excluding carboxylic acids is 1. The fraction of sp³-hybridized carbons (Fsp3) is 0.405. The third-order valence-electron chi connectivity index (χ3n) is 10.4. The Morgan fingerprint density at radius 2 is 1.76 bits per heavy atom. The first-order valence-corrected chi connectivity index (χ1v) is 19.1. The summed E-state index contributed by atoms with van der Waals surface area (Å²) in [4.78, 5) is 27.1. The van der Waals surface area contributed by atoms with Crippen LogP contribution in [0.2, 0.25) is 0 Å². The zero-order valence-corrected chi connectivity index (χ0v) is 34.2. The van der Waals surface area contributed by atoms with E-state index in [1.165, 1.54) is 39.9 Å². The van der Waals surface area contributed by atoms with Crippen LogP contribution >= 0.6 is 0 Å². The van der Waals surface area contributed by atoms with Crippen LogP contribution in [-0.4, -0.2) is 111 Å². The van der Waals surface area contributed by atoms with Gasteiger partial charge in [-0.15, -0.1) is 6.58 Å². The summed E-state index contributed by atoms with van der Waals surface area (Å²) in [5.41, 5.74) is 0.201. The summed E-state index contributed by atoms with van der Waals surface area (Å²) < 4.78 is 81.1. The number of aryl methyl sites for hydroxylation is 2. The van der Waals surface area contributed by atoms with Gasteiger partial charge in [0, 0.05) is 45.7 Å². The summed E-state index contributed by atoms with van der Waals surface area (Å²) in [5, 5.41) is 21.0. The predicted octanol–water partition coefficient (Wildman–Crippen LogP) is 7.70. The molecule has 4 aromatic heterocycles. The Morgan fingerprint density at radius 1 is 1.05 bits per heavy atom. The molecule has 2 aromatic carbocycles. The van der Waals surface area contributed by atoms with E-state index in [0.29, 0.717) is 48.5 Å². The van der Waals surface area contributed by atoms with Crippen molar-refractivity contribution in [2.75, 3.05) is 60.0 Å². The first kappa shape index (κ1) is 42.8. The largest absolute Gasteiger partial charge is 0.508 e. The van der Waals surface area contributed by atoms with Crippen LogP contribution in [0, 0.1) is 17.0 Å². The number of phenolic OH excluding ortho intramolecular Hbond substituents is 1. The fourth-order valence-electron chi connectivity index (χ4n) is 7.80. The molecular formula is C42H48F5N9O3. The first-order valence-electron chi connectivity index (χ1n) is 19.1. The maximum atomic E-state index is 17.6. The molecule has 1 saturated carbocycles. The molecule has 59 heavy (non-hydrogen) atoms. The summed E-state index contributed by atoms with van der Waals surface area (Å²) >= 11 is 0. The lowest BCUT2D eigenvalue weighted by molar-refractivity contribution is 0.0288. The molecular weight excluding hydrogens is 774 g/mol. The Kier molecular flexibility index (Phi) is 12.2. The van der Waals surface area contributed by atoms with Crippen LogP contribution in [0.4, 0.5) is 27.8 Å². The number of aromatic nitrogens is 6. The topological polar surface area (TPSA) is 117 Å². The van der Waals surface area contributed by atoms with Gasteiger partial charge in [0.25, 0.3) is 11.8 Å². The van der Waals surface area contributed by atoms with Crippen LogP contribution in [0.5, 0.6) is 11.8 Å². The highest BCUT2D eigenvalue weighted by atomic mass is 19.3. The van der Waals surface area contributed by atoms with E-state index in [1.54, 1.807) is 62.9 Å². The van der Waals surface area contributed by atoms with Crippen molar-refractivity contribution in [1.82, 2.24) is 39.2 Å². The van der Waals surface area contributed by atoms with Gasteiger partial charge < -0.3 is 24.5 Å². The molecule has 1 atom stereocenters. The number of alkyl halides is 3. The zero-order chi connectivity index (χ0) is 43.0. The van der Waals surface area contributed by atoms with Crippen LogP contribution in [0.25, 0.3) is 38.4 Å². The lowest BCUT2D eigenvalue weighted by atomic mass is 9.94. The zero-order valence-electron chi connectivity index (χ0n) is 34.2. The summed E-state index contributed by atoms with van der Waals surface area (Å²) in [5.74, 6) is -4.45. The third-order valence-corrected chi connectivity index (χ3v) is 10.4. The monoisotopic (exact) mass is 821 g/mol. The van der Waals surface area contributed by atoms with E-state index in [1.807, 2.05) is 11.8 Å². The summed E-state index contributed by atoms with van der Waals surface area (Å²) in [6.07, 6.45) is 3.74. The fourth-order valence-corrected chi connectivity index (χ4v) is 7.80. The molecule has 314 valence electrons. The Bertz CT molecular complexity index is 2540. The second-order valence-corrected chi connectivity index (χ2v) is 15.1. The number of aromatic hydroxyl groups is 1. The lowest BCUT2D eigenvalue weighted by Crippen LogP contribution is -2.32. The number of rotatable bonds is 9. The van der Waals surface area contributed by atoms with Gasteiger partial charge in [0.1, 0.15) is 35.2 Å². The molecule has 5 heterocycles. The van der Waals surface area contributed by atoms with Crippen molar-refractivity contribution >= 4 is 38.9 Å². The number of hydrogen-bond donors (Lipinski definition) is 1. The number of halogens is 5. The second-order valence-electron chi connectivity index (χ2n) is 15.1. The van der Waals surface area contributed by atoms with Gasteiger partial charge in [-0.3, -0.25) is 13.9 Å². The van der Waals surface area contributed by atoms with Crippen molar-refractivity contribution in [2.24, 2.45) is 5.41 Å². The minimum absolute atomic E-state index is 0.0560. The molecule has 1 unspecified atom stereocenters. The molecule has 0 spiro atoms. The van der Waals surface area contributed by atoms with Gasteiger partial charge >= 0.3 is 6.01 Å². The number of nitrogens with zero attached hydrogens (tertiary/aromatic N) is 9. The molecule has 8 rings (SSSR count). The maximum Gasteiger partial charge on any atom is 0.319 e. The Morgan fingerprint density at radius 3 is 2.41 bits per heavy atom. The number of amides is 1. The van der Waals surface area contributed by atoms with E-state index in [2.05, 4.69) is 21.8 Å². The summed E-state index contributed by atoms with van der Waals surface area (Å²) in [6.45, 7) is 7.85. The standard InChI is InChI=1S/C38H39F4N9O3.C3H6.CH3F/c1-6-24-26(39)9-8-21-14-23(52)16-25(29(21)24)33-31(40)32-30(28-10-11-43-51(28)33)34(45-36(44-32)54-20-37(19-47(2)3)18-38(37,41)42)49-12-7-13-50-22(17-49)15-27(46-50)35(53)48(4)5;1-3-2;1-2/h8-11,14-16,52H,6-7,12-13,17-20H2,1-5H3;3H,1H2,2H3;1H3. The second kappa shape index (κ2) is 16.8. The summed E-state index contributed by atoms with van der Waals surface area (Å²) in [6, 6.07) is 8.79. The van der Waals surface area contributed by atoms with Crippen LogP contribution in [0.3, 0.4) is 0 Å². The van der Waals surface area contributed by atoms with E-state index >= 15 is 8.78 Å². The molecule has 1 aliphatic heterocycles. The quantitative estimate of drug-likeness (QED) is 0.116. The maximum absolute atomic E-state index is 17.6. The number of benzene rings is 2. The van der Waals surface area contributed by atoms with Gasteiger partial charge in [0.05, 0.1) is 41.9 Å². The van der Waals surface area contributed by atoms with Crippen LogP contribution < -0.4 is 9.64 Å². The average Bonchev–Trinajstić information content (AvgIpc) is 3.46. The predicted molar refractivity (Wildman–Crippen MR) is 217 cm³/mol. The third kappa shape index (κ3) is 7.87. The minimum atomic E-state index is -2.97. The molecule has 0 radical (unpaired) electrons. The number of ether oxygens (including phenoxy) is 1. The molecule has 0 saturated heterocycles. The molecule has 2 aliphatic rings. The van der Waals surface area contributed by atoms with Crippen molar-refractivity contribution < 1.29 is 36.6 Å². The van der Waals surface area contributed by atoms with Gasteiger partial charge in [-0.2, -0.15) is 20.2 Å². The normalized spacial score (nSPS) is 16.9. The number of pyridine rings is 1. The van der Waals surface area contributed by atoms with Crippen molar-refractivity contribution in [2.45, 2.75) is 52.1 Å². The van der Waals surface area contributed by atoms with Gasteiger partial charge in [-0.1, -0.05) is 19.1 Å². The molecule has 1 N–H and O–H groups in total. The molecule has 1 fully saturated rings. The lowest BCUT2D eigenvalue weighted by Gasteiger charge is -2.25. The van der Waals surface area contributed by atoms with E-state index in [9.17, 15) is 23.1 Å². The Hall–Kier alpha value is -5.84. The Labute approximate surface area is 338 Å². The molecule has 12 nitrogen and oxygen atoms in total. The van der Waals surface area contributed by atoms with Crippen LogP contribution in [0.15, 0.2) is 55.3 Å². The number of hydrogen-bond acceptors (Lipinski definition) is 9. The van der Waals surface area contributed by atoms with E-state index in [4.69, 9.17) is 9.72 Å².